The monoisotopic (exact) mass is 535 g/mol. The van der Waals surface area contributed by atoms with Crippen LogP contribution in [-0.4, -0.2) is 54.3 Å². The predicted molar refractivity (Wildman–Crippen MR) is 151 cm³/mol. The van der Waals surface area contributed by atoms with Crippen molar-refractivity contribution in [3.63, 3.8) is 0 Å². The van der Waals surface area contributed by atoms with Crippen molar-refractivity contribution in [2.45, 2.75) is 38.3 Å². The first-order chi connectivity index (χ1) is 18.2. The Labute approximate surface area is 227 Å². The molecule has 1 aliphatic rings. The first-order valence-electron chi connectivity index (χ1n) is 12.2. The van der Waals surface area contributed by atoms with Gasteiger partial charge in [0.2, 0.25) is 5.91 Å². The van der Waals surface area contributed by atoms with Gasteiger partial charge in [0.1, 0.15) is 11.9 Å². The van der Waals surface area contributed by atoms with Crippen LogP contribution in [0.25, 0.3) is 0 Å². The summed E-state index contributed by atoms with van der Waals surface area (Å²) in [5, 5.41) is 22.3. The fourth-order valence-electron chi connectivity index (χ4n) is 4.54. The number of hydrogen-bond acceptors (Lipinski definition) is 8. The van der Waals surface area contributed by atoms with Gasteiger partial charge in [-0.3, -0.25) is 9.79 Å². The van der Waals surface area contributed by atoms with Gasteiger partial charge in [-0.05, 0) is 48.3 Å². The number of ether oxygens (including phenoxy) is 1. The van der Waals surface area contributed by atoms with Crippen molar-refractivity contribution in [1.82, 2.24) is 5.32 Å². The highest BCUT2D eigenvalue weighted by Gasteiger charge is 2.34. The summed E-state index contributed by atoms with van der Waals surface area (Å²) in [5.41, 5.74) is 17.2. The van der Waals surface area contributed by atoms with Crippen molar-refractivity contribution in [1.29, 1.82) is 0 Å². The molecule has 0 bridgehead atoms. The maximum atomic E-state index is 13.1. The second-order valence-electron chi connectivity index (χ2n) is 9.17. The SMILES string of the molecule is COc1ccc2c(c1)C(c1ccc(Cl)cc1)=N[C@@H](CC(=O)NCc1cccc(B(O)O)c1)C(N)N2C(C)N. The smallest absolute Gasteiger partial charge is 0.488 e. The Balaban J connectivity index is 1.68. The van der Waals surface area contributed by atoms with E-state index >= 15 is 0 Å². The van der Waals surface area contributed by atoms with Crippen molar-refractivity contribution >= 4 is 41.5 Å². The van der Waals surface area contributed by atoms with Crippen molar-refractivity contribution in [2.75, 3.05) is 12.0 Å². The molecule has 3 aromatic rings. The van der Waals surface area contributed by atoms with Gasteiger partial charge in [-0.2, -0.15) is 0 Å². The Kier molecular flexibility index (Phi) is 8.71. The molecule has 0 aromatic heterocycles. The van der Waals surface area contributed by atoms with Crippen LogP contribution in [0.2, 0.25) is 5.02 Å². The van der Waals surface area contributed by atoms with E-state index in [0.717, 1.165) is 22.4 Å². The second kappa shape index (κ2) is 12.0. The first kappa shape index (κ1) is 27.6. The molecule has 4 rings (SSSR count). The molecule has 198 valence electrons. The van der Waals surface area contributed by atoms with Crippen LogP contribution in [0.3, 0.4) is 0 Å². The summed E-state index contributed by atoms with van der Waals surface area (Å²) in [7, 11) is 0.0104. The molecule has 38 heavy (non-hydrogen) atoms. The minimum absolute atomic E-state index is 0.00884. The lowest BCUT2D eigenvalue weighted by atomic mass is 9.79. The molecule has 0 fully saturated rings. The molecule has 1 amide bonds. The van der Waals surface area contributed by atoms with Crippen LogP contribution in [-0.2, 0) is 11.3 Å². The average molecular weight is 536 g/mol. The molecule has 7 N–H and O–H groups in total. The van der Waals surface area contributed by atoms with Crippen LogP contribution in [0.5, 0.6) is 5.75 Å². The third-order valence-corrected chi connectivity index (χ3v) is 6.69. The number of benzene rings is 3. The van der Waals surface area contributed by atoms with E-state index in [9.17, 15) is 14.8 Å². The topological polar surface area (TPSA) is 146 Å². The number of methoxy groups -OCH3 is 1. The van der Waals surface area contributed by atoms with Crippen LogP contribution in [0.1, 0.15) is 30.0 Å². The molecule has 3 aromatic carbocycles. The zero-order valence-corrected chi connectivity index (χ0v) is 22.0. The molecule has 0 saturated carbocycles. The predicted octanol–water partition coefficient (Wildman–Crippen LogP) is 1.35. The van der Waals surface area contributed by atoms with Crippen LogP contribution in [0.4, 0.5) is 5.69 Å². The van der Waals surface area contributed by atoms with E-state index in [-0.39, 0.29) is 18.9 Å². The summed E-state index contributed by atoms with van der Waals surface area (Å²) >= 11 is 6.14. The average Bonchev–Trinajstić information content (AvgIpc) is 3.02. The maximum absolute atomic E-state index is 13.1. The number of hydrogen-bond donors (Lipinski definition) is 5. The first-order valence-corrected chi connectivity index (χ1v) is 12.6. The van der Waals surface area contributed by atoms with Crippen LogP contribution in [0.15, 0.2) is 71.7 Å². The molecule has 11 heteroatoms. The molecule has 0 radical (unpaired) electrons. The van der Waals surface area contributed by atoms with Crippen molar-refractivity contribution < 1.29 is 19.6 Å². The van der Waals surface area contributed by atoms with Gasteiger partial charge in [-0.15, -0.1) is 0 Å². The molecular formula is C27H31BClN5O4. The van der Waals surface area contributed by atoms with E-state index in [1.807, 2.05) is 42.2 Å². The Bertz CT molecular complexity index is 1320. The third kappa shape index (κ3) is 6.17. The van der Waals surface area contributed by atoms with Gasteiger partial charge in [-0.25, -0.2) is 0 Å². The number of amides is 1. The Morgan fingerprint density at radius 1 is 1.18 bits per heavy atom. The summed E-state index contributed by atoms with van der Waals surface area (Å²) in [6.45, 7) is 2.05. The van der Waals surface area contributed by atoms with Crippen LogP contribution >= 0.6 is 11.6 Å². The number of aliphatic imine (C=N–C) groups is 1. The fraction of sp³-hybridized carbons (Fsp3) is 0.259. The minimum atomic E-state index is -1.58. The van der Waals surface area contributed by atoms with Gasteiger partial charge in [-0.1, -0.05) is 48.0 Å². The molecule has 1 aliphatic heterocycles. The van der Waals surface area contributed by atoms with Gasteiger partial charge >= 0.3 is 7.12 Å². The molecule has 9 nitrogen and oxygen atoms in total. The van der Waals surface area contributed by atoms with Gasteiger partial charge in [0.15, 0.2) is 0 Å². The van der Waals surface area contributed by atoms with Gasteiger partial charge < -0.3 is 36.5 Å². The minimum Gasteiger partial charge on any atom is -0.497 e. The summed E-state index contributed by atoms with van der Waals surface area (Å²) in [4.78, 5) is 20.0. The second-order valence-corrected chi connectivity index (χ2v) is 9.61. The molecule has 0 aliphatic carbocycles. The lowest BCUT2D eigenvalue weighted by molar-refractivity contribution is -0.121. The van der Waals surface area contributed by atoms with E-state index in [2.05, 4.69) is 5.32 Å². The number of carbonyl (C=O) groups is 1. The van der Waals surface area contributed by atoms with Gasteiger partial charge in [0.25, 0.3) is 0 Å². The van der Waals surface area contributed by atoms with Crippen molar-refractivity contribution in [2.24, 2.45) is 16.5 Å². The normalized spacial score (nSPS) is 17.7. The highest BCUT2D eigenvalue weighted by molar-refractivity contribution is 6.58. The van der Waals surface area contributed by atoms with E-state index in [4.69, 9.17) is 32.8 Å². The largest absolute Gasteiger partial charge is 0.497 e. The van der Waals surface area contributed by atoms with Gasteiger partial charge in [0, 0.05) is 28.4 Å². The fourth-order valence-corrected chi connectivity index (χ4v) is 4.66. The molecular weight excluding hydrogens is 505 g/mol. The lowest BCUT2D eigenvalue weighted by Gasteiger charge is -2.36. The third-order valence-electron chi connectivity index (χ3n) is 6.44. The van der Waals surface area contributed by atoms with Crippen molar-refractivity contribution in [3.05, 3.63) is 88.4 Å². The maximum Gasteiger partial charge on any atom is 0.488 e. The Morgan fingerprint density at radius 2 is 1.92 bits per heavy atom. The zero-order chi connectivity index (χ0) is 27.4. The lowest BCUT2D eigenvalue weighted by Crippen LogP contribution is -2.56. The molecule has 1 heterocycles. The Morgan fingerprint density at radius 3 is 2.58 bits per heavy atom. The van der Waals surface area contributed by atoms with Crippen LogP contribution in [0, 0.1) is 0 Å². The van der Waals surface area contributed by atoms with Crippen molar-refractivity contribution in [3.8, 4) is 5.75 Å². The number of benzodiazepines with no additional fused rings is 1. The number of nitrogens with zero attached hydrogens (tertiary/aromatic N) is 2. The number of anilines is 1. The van der Waals surface area contributed by atoms with E-state index < -0.39 is 25.5 Å². The zero-order valence-electron chi connectivity index (χ0n) is 21.2. The molecule has 0 saturated heterocycles. The van der Waals surface area contributed by atoms with Gasteiger partial charge in [0.05, 0.1) is 31.4 Å². The highest BCUT2D eigenvalue weighted by Crippen LogP contribution is 2.34. The quantitative estimate of drug-likeness (QED) is 0.274. The van der Waals surface area contributed by atoms with Crippen LogP contribution < -0.4 is 31.9 Å². The summed E-state index contributed by atoms with van der Waals surface area (Å²) in [5.74, 6) is 0.391. The summed E-state index contributed by atoms with van der Waals surface area (Å²) in [6.07, 6.45) is -1.14. The number of nitrogens with two attached hydrogens (primary N) is 2. The van der Waals surface area contributed by atoms with E-state index in [1.165, 1.54) is 0 Å². The Hall–Kier alpha value is -3.41. The number of nitrogens with one attached hydrogen (secondary N) is 1. The highest BCUT2D eigenvalue weighted by atomic mass is 35.5. The molecule has 0 spiro atoms. The number of carbonyl (C=O) groups excluding carboxylic acids is 1. The molecule has 2 unspecified atom stereocenters. The molecule has 3 atom stereocenters. The number of fused-ring (bicyclic) bond motifs is 1. The summed E-state index contributed by atoms with van der Waals surface area (Å²) < 4.78 is 5.48. The number of rotatable bonds is 8. The summed E-state index contributed by atoms with van der Waals surface area (Å²) in [6, 6.07) is 19.0. The van der Waals surface area contributed by atoms with E-state index in [0.29, 0.717) is 21.9 Å². The standard InChI is InChI=1S/C27H31BClN5O4/c1-16(30)34-24-11-10-21(38-2)13-22(24)26(18-6-8-20(29)9-7-18)33-23(27(34)31)14-25(35)32-15-17-4-3-5-19(12-17)28(36)37/h3-13,16,23,27,36-37H,14-15,30-31H2,1-2H3,(H,32,35)/t16?,23-,27?/m0/s1. The number of halogens is 1. The van der Waals surface area contributed by atoms with E-state index in [1.54, 1.807) is 43.5 Å².